The first-order chi connectivity index (χ1) is 11.0. The Bertz CT molecular complexity index is 914. The van der Waals surface area contributed by atoms with Gasteiger partial charge >= 0.3 is 0 Å². The molecular weight excluding hydrogens is 310 g/mol. The summed E-state index contributed by atoms with van der Waals surface area (Å²) < 4.78 is 25.5. The van der Waals surface area contributed by atoms with Crippen LogP contribution in [0.4, 0.5) is 0 Å². The van der Waals surface area contributed by atoms with Crippen molar-refractivity contribution in [1.82, 2.24) is 9.40 Å². The number of aromatic nitrogens is 1. The maximum absolute atomic E-state index is 11.7. The molecule has 3 aromatic rings. The number of hydrazine groups is 1. The van der Waals surface area contributed by atoms with Gasteiger partial charge in [-0.05, 0) is 48.9 Å². The lowest BCUT2D eigenvalue weighted by Crippen LogP contribution is -2.30. The molecule has 5 nitrogen and oxygen atoms in total. The van der Waals surface area contributed by atoms with Gasteiger partial charge in [-0.3, -0.25) is 5.84 Å². The van der Waals surface area contributed by atoms with Crippen molar-refractivity contribution in [2.75, 3.05) is 0 Å². The lowest BCUT2D eigenvalue weighted by atomic mass is 10.1. The Morgan fingerprint density at radius 3 is 2.17 bits per heavy atom. The SMILES string of the molecule is Cc1ccc(-c2ccccc2)n1-c1ccc(S(=O)(=O)NN)cc1. The van der Waals surface area contributed by atoms with Gasteiger partial charge in [0.2, 0.25) is 0 Å². The summed E-state index contributed by atoms with van der Waals surface area (Å²) in [5, 5.41) is 0. The molecule has 0 aliphatic rings. The molecule has 1 heterocycles. The van der Waals surface area contributed by atoms with Gasteiger partial charge in [-0.15, -0.1) is 0 Å². The number of nitrogens with zero attached hydrogens (tertiary/aromatic N) is 1. The highest BCUT2D eigenvalue weighted by Gasteiger charge is 2.13. The van der Waals surface area contributed by atoms with Crippen LogP contribution in [0.1, 0.15) is 5.69 Å². The second-order valence-corrected chi connectivity index (χ2v) is 6.89. The minimum atomic E-state index is -3.64. The van der Waals surface area contributed by atoms with Crippen molar-refractivity contribution >= 4 is 10.0 Å². The highest BCUT2D eigenvalue weighted by molar-refractivity contribution is 7.89. The maximum atomic E-state index is 11.7. The average molecular weight is 327 g/mol. The van der Waals surface area contributed by atoms with E-state index in [4.69, 9.17) is 5.84 Å². The first kappa shape index (κ1) is 15.5. The van der Waals surface area contributed by atoms with E-state index in [9.17, 15) is 8.42 Å². The van der Waals surface area contributed by atoms with Gasteiger partial charge in [0, 0.05) is 11.4 Å². The molecule has 3 rings (SSSR count). The van der Waals surface area contributed by atoms with Crippen molar-refractivity contribution in [2.45, 2.75) is 11.8 Å². The molecule has 3 N–H and O–H groups in total. The number of rotatable bonds is 4. The van der Waals surface area contributed by atoms with Crippen LogP contribution in [0.15, 0.2) is 71.6 Å². The van der Waals surface area contributed by atoms with Crippen molar-refractivity contribution < 1.29 is 8.42 Å². The molecule has 118 valence electrons. The Morgan fingerprint density at radius 2 is 1.57 bits per heavy atom. The van der Waals surface area contributed by atoms with Gasteiger partial charge in [-0.1, -0.05) is 30.3 Å². The monoisotopic (exact) mass is 327 g/mol. The minimum Gasteiger partial charge on any atom is -0.314 e. The highest BCUT2D eigenvalue weighted by atomic mass is 32.2. The van der Waals surface area contributed by atoms with Crippen LogP contribution in [0.2, 0.25) is 0 Å². The predicted molar refractivity (Wildman–Crippen MR) is 90.5 cm³/mol. The molecule has 2 aromatic carbocycles. The second kappa shape index (κ2) is 6.00. The molecule has 0 fully saturated rings. The average Bonchev–Trinajstić information content (AvgIpc) is 2.97. The van der Waals surface area contributed by atoms with E-state index in [1.807, 2.05) is 48.2 Å². The third kappa shape index (κ3) is 2.92. The number of nitrogens with one attached hydrogen (secondary N) is 1. The molecule has 0 amide bonds. The van der Waals surface area contributed by atoms with E-state index < -0.39 is 10.0 Å². The summed E-state index contributed by atoms with van der Waals surface area (Å²) in [6.07, 6.45) is 0. The summed E-state index contributed by atoms with van der Waals surface area (Å²) >= 11 is 0. The molecule has 0 aliphatic heterocycles. The van der Waals surface area contributed by atoms with Crippen LogP contribution in [0.25, 0.3) is 16.9 Å². The molecule has 6 heteroatoms. The normalized spacial score (nSPS) is 11.6. The number of nitrogens with two attached hydrogens (primary N) is 1. The predicted octanol–water partition coefficient (Wildman–Crippen LogP) is 2.60. The fraction of sp³-hybridized carbons (Fsp3) is 0.0588. The van der Waals surface area contributed by atoms with Gasteiger partial charge < -0.3 is 4.57 Å². The molecule has 0 unspecified atom stereocenters. The summed E-state index contributed by atoms with van der Waals surface area (Å²) in [5.41, 5.74) is 4.11. The first-order valence-electron chi connectivity index (χ1n) is 7.09. The van der Waals surface area contributed by atoms with Crippen molar-refractivity contribution in [3.63, 3.8) is 0 Å². The molecule has 0 saturated carbocycles. The van der Waals surface area contributed by atoms with E-state index in [1.54, 1.807) is 24.3 Å². The quantitative estimate of drug-likeness (QED) is 0.571. The number of hydrogen-bond donors (Lipinski definition) is 2. The van der Waals surface area contributed by atoms with Crippen LogP contribution in [-0.2, 0) is 10.0 Å². The molecule has 0 aliphatic carbocycles. The van der Waals surface area contributed by atoms with Crippen molar-refractivity contribution in [2.24, 2.45) is 5.84 Å². The minimum absolute atomic E-state index is 0.134. The maximum Gasteiger partial charge on any atom is 0.253 e. The Labute approximate surface area is 135 Å². The van der Waals surface area contributed by atoms with Crippen LogP contribution in [-0.4, -0.2) is 13.0 Å². The lowest BCUT2D eigenvalue weighted by molar-refractivity contribution is 0.584. The Kier molecular flexibility index (Phi) is 4.04. The first-order valence-corrected chi connectivity index (χ1v) is 8.58. The Hall–Kier alpha value is -2.41. The summed E-state index contributed by atoms with van der Waals surface area (Å²) in [5.74, 6) is 5.05. The van der Waals surface area contributed by atoms with Crippen molar-refractivity contribution in [3.8, 4) is 16.9 Å². The molecule has 23 heavy (non-hydrogen) atoms. The van der Waals surface area contributed by atoms with E-state index >= 15 is 0 Å². The summed E-state index contributed by atoms with van der Waals surface area (Å²) in [6, 6.07) is 20.7. The fourth-order valence-electron chi connectivity index (χ4n) is 2.56. The van der Waals surface area contributed by atoms with Gasteiger partial charge in [0.05, 0.1) is 10.6 Å². The summed E-state index contributed by atoms with van der Waals surface area (Å²) in [7, 11) is -3.64. The van der Waals surface area contributed by atoms with Crippen LogP contribution < -0.4 is 10.7 Å². The Balaban J connectivity index is 2.08. The summed E-state index contributed by atoms with van der Waals surface area (Å²) in [6.45, 7) is 2.01. The van der Waals surface area contributed by atoms with Crippen LogP contribution >= 0.6 is 0 Å². The van der Waals surface area contributed by atoms with Gasteiger partial charge in [-0.25, -0.2) is 8.42 Å². The smallest absolute Gasteiger partial charge is 0.253 e. The molecule has 0 saturated heterocycles. The number of benzene rings is 2. The van der Waals surface area contributed by atoms with E-state index in [0.717, 1.165) is 22.6 Å². The molecule has 0 bridgehead atoms. The van der Waals surface area contributed by atoms with Crippen molar-refractivity contribution in [1.29, 1.82) is 0 Å². The van der Waals surface area contributed by atoms with E-state index in [0.29, 0.717) is 0 Å². The van der Waals surface area contributed by atoms with Gasteiger partial charge in [0.15, 0.2) is 0 Å². The molecule has 1 aromatic heterocycles. The number of sulfonamides is 1. The number of hydrogen-bond acceptors (Lipinski definition) is 3. The van der Waals surface area contributed by atoms with Gasteiger partial charge in [0.25, 0.3) is 10.0 Å². The third-order valence-electron chi connectivity index (χ3n) is 3.71. The van der Waals surface area contributed by atoms with Crippen LogP contribution in [0.5, 0.6) is 0 Å². The zero-order valence-corrected chi connectivity index (χ0v) is 13.4. The number of aryl methyl sites for hydroxylation is 1. The summed E-state index contributed by atoms with van der Waals surface area (Å²) in [4.78, 5) is 1.96. The molecular formula is C17H17N3O2S. The second-order valence-electron chi connectivity index (χ2n) is 5.18. The van der Waals surface area contributed by atoms with Crippen LogP contribution in [0, 0.1) is 6.92 Å². The molecule has 0 spiro atoms. The third-order valence-corrected chi connectivity index (χ3v) is 4.91. The van der Waals surface area contributed by atoms with E-state index in [2.05, 4.69) is 10.6 Å². The van der Waals surface area contributed by atoms with E-state index in [1.165, 1.54) is 0 Å². The lowest BCUT2D eigenvalue weighted by Gasteiger charge is -2.13. The zero-order valence-electron chi connectivity index (χ0n) is 12.6. The van der Waals surface area contributed by atoms with E-state index in [-0.39, 0.29) is 4.90 Å². The topological polar surface area (TPSA) is 77.1 Å². The fourth-order valence-corrected chi connectivity index (χ4v) is 3.19. The molecule has 0 radical (unpaired) electrons. The largest absolute Gasteiger partial charge is 0.314 e. The van der Waals surface area contributed by atoms with Gasteiger partial charge in [-0.2, -0.15) is 4.83 Å². The van der Waals surface area contributed by atoms with Crippen molar-refractivity contribution in [3.05, 3.63) is 72.4 Å². The van der Waals surface area contributed by atoms with Crippen LogP contribution in [0.3, 0.4) is 0 Å². The van der Waals surface area contributed by atoms with Gasteiger partial charge in [0.1, 0.15) is 0 Å². The Morgan fingerprint density at radius 1 is 0.913 bits per heavy atom. The molecule has 0 atom stereocenters. The highest BCUT2D eigenvalue weighted by Crippen LogP contribution is 2.26. The standard InChI is InChI=1S/C17H17N3O2S/c1-13-7-12-17(14-5-3-2-4-6-14)20(13)15-8-10-16(11-9-15)23(21,22)19-18/h2-12,19H,18H2,1H3. The zero-order chi connectivity index (χ0) is 16.4.